The quantitative estimate of drug-likeness (QED) is 0.700. The van der Waals surface area contributed by atoms with E-state index in [9.17, 15) is 18.0 Å². The fourth-order valence-corrected chi connectivity index (χ4v) is 2.06. The molecule has 22 heavy (non-hydrogen) atoms. The van der Waals surface area contributed by atoms with Crippen LogP contribution in [0.2, 0.25) is 0 Å². The van der Waals surface area contributed by atoms with E-state index < -0.39 is 21.8 Å². The smallest absolute Gasteiger partial charge is 0.314 e. The minimum absolute atomic E-state index is 0.0923. The number of carbonyl (C=O) groups excluding carboxylic acids is 2. The molecular weight excluding hydrogens is 308 g/mol. The number of nitrogens with one attached hydrogen (secondary N) is 2. The highest BCUT2D eigenvalue weighted by Crippen LogP contribution is 2.12. The first-order valence-electron chi connectivity index (χ1n) is 6.01. The lowest BCUT2D eigenvalue weighted by Gasteiger charge is -2.06. The zero-order valence-corrected chi connectivity index (χ0v) is 12.0. The van der Waals surface area contributed by atoms with Crippen molar-refractivity contribution in [3.63, 3.8) is 0 Å². The van der Waals surface area contributed by atoms with E-state index >= 15 is 0 Å². The number of carbonyl (C=O) groups is 2. The Hall–Kier alpha value is -2.78. The standard InChI is InChI=1S/C13H12N4O4S/c14-22(20,21)11-5-3-9(4-6-11)16-12(18)13(19)17-10-2-1-7-15-8-10/h1-8H,(H,16,18)(H,17,19)(H2,14,20,21). The Morgan fingerprint density at radius 2 is 1.55 bits per heavy atom. The van der Waals surface area contributed by atoms with Crippen molar-refractivity contribution in [2.75, 3.05) is 10.6 Å². The molecule has 0 aliphatic heterocycles. The normalized spacial score (nSPS) is 10.8. The van der Waals surface area contributed by atoms with Crippen LogP contribution >= 0.6 is 0 Å². The highest BCUT2D eigenvalue weighted by molar-refractivity contribution is 7.89. The lowest BCUT2D eigenvalue weighted by molar-refractivity contribution is -0.133. The number of aromatic nitrogens is 1. The lowest BCUT2D eigenvalue weighted by atomic mass is 10.3. The second-order valence-corrected chi connectivity index (χ2v) is 5.78. The lowest BCUT2D eigenvalue weighted by Crippen LogP contribution is -2.29. The summed E-state index contributed by atoms with van der Waals surface area (Å²) >= 11 is 0. The number of amides is 2. The van der Waals surface area contributed by atoms with E-state index in [1.54, 1.807) is 12.1 Å². The minimum Gasteiger partial charge on any atom is -0.318 e. The second kappa shape index (κ2) is 6.33. The average Bonchev–Trinajstić information content (AvgIpc) is 2.48. The Kier molecular flexibility index (Phi) is 4.49. The third-order valence-corrected chi connectivity index (χ3v) is 3.50. The molecular formula is C13H12N4O4S. The van der Waals surface area contributed by atoms with E-state index in [4.69, 9.17) is 5.14 Å². The molecule has 0 radical (unpaired) electrons. The number of hydrogen-bond acceptors (Lipinski definition) is 5. The molecule has 0 aliphatic rings. The first kappa shape index (κ1) is 15.6. The topological polar surface area (TPSA) is 131 Å². The van der Waals surface area contributed by atoms with Crippen LogP contribution in [-0.2, 0) is 19.6 Å². The van der Waals surface area contributed by atoms with Crippen molar-refractivity contribution in [3.05, 3.63) is 48.8 Å². The number of pyridine rings is 1. The van der Waals surface area contributed by atoms with Crippen molar-refractivity contribution in [1.82, 2.24) is 4.98 Å². The van der Waals surface area contributed by atoms with Crippen LogP contribution < -0.4 is 15.8 Å². The van der Waals surface area contributed by atoms with Gasteiger partial charge in [0.2, 0.25) is 10.0 Å². The Morgan fingerprint density at radius 3 is 2.05 bits per heavy atom. The number of primary sulfonamides is 1. The van der Waals surface area contributed by atoms with Crippen LogP contribution in [0.3, 0.4) is 0 Å². The molecule has 0 unspecified atom stereocenters. The van der Waals surface area contributed by atoms with Gasteiger partial charge in [0.1, 0.15) is 0 Å². The molecule has 2 rings (SSSR count). The van der Waals surface area contributed by atoms with Gasteiger partial charge >= 0.3 is 11.8 Å². The summed E-state index contributed by atoms with van der Waals surface area (Å²) in [6, 6.07) is 8.30. The van der Waals surface area contributed by atoms with Crippen LogP contribution in [0.4, 0.5) is 11.4 Å². The Labute approximate surface area is 126 Å². The van der Waals surface area contributed by atoms with Gasteiger partial charge in [0.05, 0.1) is 16.8 Å². The maximum Gasteiger partial charge on any atom is 0.314 e. The van der Waals surface area contributed by atoms with Gasteiger partial charge in [-0.2, -0.15) is 0 Å². The zero-order valence-electron chi connectivity index (χ0n) is 11.2. The summed E-state index contributed by atoms with van der Waals surface area (Å²) < 4.78 is 22.2. The van der Waals surface area contributed by atoms with Crippen molar-refractivity contribution in [2.24, 2.45) is 5.14 Å². The molecule has 0 saturated heterocycles. The first-order chi connectivity index (χ1) is 10.4. The third-order valence-electron chi connectivity index (χ3n) is 2.57. The predicted molar refractivity (Wildman–Crippen MR) is 79.3 cm³/mol. The van der Waals surface area contributed by atoms with Crippen molar-refractivity contribution < 1.29 is 18.0 Å². The Balaban J connectivity index is 2.01. The van der Waals surface area contributed by atoms with Gasteiger partial charge in [-0.1, -0.05) is 0 Å². The molecule has 9 heteroatoms. The van der Waals surface area contributed by atoms with E-state index in [-0.39, 0.29) is 10.6 Å². The van der Waals surface area contributed by atoms with Crippen molar-refractivity contribution in [1.29, 1.82) is 0 Å². The SMILES string of the molecule is NS(=O)(=O)c1ccc(NC(=O)C(=O)Nc2cccnc2)cc1. The van der Waals surface area contributed by atoms with Crippen LogP contribution in [0, 0.1) is 0 Å². The molecule has 1 aromatic carbocycles. The molecule has 0 atom stereocenters. The molecule has 2 aromatic rings. The molecule has 4 N–H and O–H groups in total. The highest BCUT2D eigenvalue weighted by Gasteiger charge is 2.14. The highest BCUT2D eigenvalue weighted by atomic mass is 32.2. The predicted octanol–water partition coefficient (Wildman–Crippen LogP) is 0.306. The summed E-state index contributed by atoms with van der Waals surface area (Å²) in [5.74, 6) is -1.77. The molecule has 1 aromatic heterocycles. The number of benzene rings is 1. The van der Waals surface area contributed by atoms with Gasteiger partial charge in [0.15, 0.2) is 0 Å². The summed E-state index contributed by atoms with van der Waals surface area (Å²) in [6.45, 7) is 0. The average molecular weight is 320 g/mol. The Bertz CT molecular complexity index is 789. The van der Waals surface area contributed by atoms with Gasteiger partial charge in [-0.3, -0.25) is 14.6 Å². The molecule has 0 aliphatic carbocycles. The molecule has 0 saturated carbocycles. The van der Waals surface area contributed by atoms with E-state index in [0.29, 0.717) is 5.69 Å². The molecule has 2 amide bonds. The summed E-state index contributed by atoms with van der Waals surface area (Å²) in [4.78, 5) is 27.1. The number of nitrogens with two attached hydrogens (primary N) is 1. The molecule has 0 fully saturated rings. The maximum atomic E-state index is 11.7. The summed E-state index contributed by atoms with van der Waals surface area (Å²) in [6.07, 6.45) is 2.93. The number of sulfonamides is 1. The monoisotopic (exact) mass is 320 g/mol. The van der Waals surface area contributed by atoms with Crippen molar-refractivity contribution >= 4 is 33.2 Å². The fraction of sp³-hybridized carbons (Fsp3) is 0. The fourth-order valence-electron chi connectivity index (χ4n) is 1.54. The van der Waals surface area contributed by atoms with Gasteiger partial charge in [0.25, 0.3) is 0 Å². The van der Waals surface area contributed by atoms with Crippen LogP contribution in [0.1, 0.15) is 0 Å². The van der Waals surface area contributed by atoms with E-state index in [2.05, 4.69) is 15.6 Å². The van der Waals surface area contributed by atoms with Crippen LogP contribution in [0.5, 0.6) is 0 Å². The van der Waals surface area contributed by atoms with E-state index in [0.717, 1.165) is 0 Å². The third kappa shape index (κ3) is 4.11. The second-order valence-electron chi connectivity index (χ2n) is 4.22. The number of rotatable bonds is 3. The number of hydrogen-bond donors (Lipinski definition) is 3. The van der Waals surface area contributed by atoms with Gasteiger partial charge in [0, 0.05) is 11.9 Å². The summed E-state index contributed by atoms with van der Waals surface area (Å²) in [7, 11) is -3.80. The largest absolute Gasteiger partial charge is 0.318 e. The minimum atomic E-state index is -3.80. The molecule has 8 nitrogen and oxygen atoms in total. The summed E-state index contributed by atoms with van der Waals surface area (Å²) in [5.41, 5.74) is 0.644. The van der Waals surface area contributed by atoms with Gasteiger partial charge < -0.3 is 10.6 Å². The van der Waals surface area contributed by atoms with Crippen molar-refractivity contribution in [3.8, 4) is 0 Å². The van der Waals surface area contributed by atoms with Gasteiger partial charge in [-0.15, -0.1) is 0 Å². The molecule has 0 bridgehead atoms. The Morgan fingerprint density at radius 1 is 0.955 bits per heavy atom. The van der Waals surface area contributed by atoms with Gasteiger partial charge in [-0.25, -0.2) is 13.6 Å². The van der Waals surface area contributed by atoms with Crippen molar-refractivity contribution in [2.45, 2.75) is 4.90 Å². The molecule has 1 heterocycles. The van der Waals surface area contributed by atoms with Gasteiger partial charge in [-0.05, 0) is 36.4 Å². The first-order valence-corrected chi connectivity index (χ1v) is 7.56. The van der Waals surface area contributed by atoms with Crippen LogP contribution in [0.15, 0.2) is 53.7 Å². The van der Waals surface area contributed by atoms with E-state index in [1.807, 2.05) is 0 Å². The van der Waals surface area contributed by atoms with Crippen LogP contribution in [0.25, 0.3) is 0 Å². The number of anilines is 2. The molecule has 114 valence electrons. The van der Waals surface area contributed by atoms with E-state index in [1.165, 1.54) is 36.7 Å². The van der Waals surface area contributed by atoms with Crippen LogP contribution in [-0.4, -0.2) is 25.2 Å². The molecule has 0 spiro atoms. The number of nitrogens with zero attached hydrogens (tertiary/aromatic N) is 1. The maximum absolute atomic E-state index is 11.7. The zero-order chi connectivity index (χ0) is 16.2. The summed E-state index contributed by atoms with van der Waals surface area (Å²) in [5, 5.41) is 9.66.